The SMILES string of the molecule is Cc1c(C(c2ccccc2F)c2c(C)n(C)c3ccccc23)c2ccccc2n1C. The topological polar surface area (TPSA) is 9.86 Å². The van der Waals surface area contributed by atoms with Crippen LogP contribution in [0.2, 0.25) is 0 Å². The molecule has 0 radical (unpaired) electrons. The Kier molecular flexibility index (Phi) is 4.28. The van der Waals surface area contributed by atoms with E-state index in [9.17, 15) is 0 Å². The first-order chi connectivity index (χ1) is 14.5. The molecule has 0 bridgehead atoms. The van der Waals surface area contributed by atoms with E-state index in [1.165, 1.54) is 32.9 Å². The summed E-state index contributed by atoms with van der Waals surface area (Å²) in [4.78, 5) is 0. The van der Waals surface area contributed by atoms with Crippen LogP contribution in [0.15, 0.2) is 72.8 Å². The number of aromatic nitrogens is 2. The van der Waals surface area contributed by atoms with Gasteiger partial charge in [0, 0.05) is 53.2 Å². The molecule has 0 saturated heterocycles. The van der Waals surface area contributed by atoms with E-state index in [1.54, 1.807) is 12.1 Å². The van der Waals surface area contributed by atoms with Gasteiger partial charge >= 0.3 is 0 Å². The molecule has 5 rings (SSSR count). The Morgan fingerprint density at radius 3 is 1.57 bits per heavy atom. The van der Waals surface area contributed by atoms with E-state index in [2.05, 4.69) is 85.6 Å². The van der Waals surface area contributed by atoms with Gasteiger partial charge < -0.3 is 9.13 Å². The minimum Gasteiger partial charge on any atom is -0.348 e. The monoisotopic (exact) mass is 396 g/mol. The number of aryl methyl sites for hydroxylation is 2. The Labute approximate surface area is 176 Å². The predicted molar refractivity (Wildman–Crippen MR) is 123 cm³/mol. The number of hydrogen-bond acceptors (Lipinski definition) is 0. The summed E-state index contributed by atoms with van der Waals surface area (Å²) in [5.74, 6) is -0.356. The molecule has 0 aliphatic carbocycles. The van der Waals surface area contributed by atoms with Crippen LogP contribution >= 0.6 is 0 Å². The second kappa shape index (κ2) is 6.88. The molecule has 0 N–H and O–H groups in total. The zero-order valence-corrected chi connectivity index (χ0v) is 17.8. The second-order valence-electron chi connectivity index (χ2n) is 8.11. The number of benzene rings is 3. The normalized spacial score (nSPS) is 11.8. The van der Waals surface area contributed by atoms with Gasteiger partial charge in [0.2, 0.25) is 0 Å². The van der Waals surface area contributed by atoms with Gasteiger partial charge in [0.05, 0.1) is 0 Å². The minimum absolute atomic E-state index is 0.165. The highest BCUT2D eigenvalue weighted by atomic mass is 19.1. The number of halogens is 1. The fourth-order valence-electron chi connectivity index (χ4n) is 4.99. The summed E-state index contributed by atoms with van der Waals surface area (Å²) in [5.41, 5.74) is 7.74. The number of nitrogens with zero attached hydrogens (tertiary/aromatic N) is 2. The standard InChI is InChI=1S/C27H25FN2/c1-17-25(20-12-6-9-15-23(20)29(17)3)27(19-11-5-8-14-22(19)28)26-18(2)30(4)24-16-10-7-13-21(24)26/h5-16,27H,1-4H3. The molecule has 0 amide bonds. The minimum atomic E-state index is -0.191. The molecule has 2 aromatic heterocycles. The molecule has 3 heteroatoms. The molecule has 0 aliphatic rings. The van der Waals surface area contributed by atoms with Crippen LogP contribution in [0.1, 0.15) is 34.0 Å². The number of fused-ring (bicyclic) bond motifs is 2. The second-order valence-corrected chi connectivity index (χ2v) is 8.11. The summed E-state index contributed by atoms with van der Waals surface area (Å²) in [5, 5.41) is 2.36. The molecule has 2 heterocycles. The van der Waals surface area contributed by atoms with E-state index < -0.39 is 0 Å². The molecule has 2 nitrogen and oxygen atoms in total. The summed E-state index contributed by atoms with van der Waals surface area (Å²) >= 11 is 0. The van der Waals surface area contributed by atoms with Crippen molar-refractivity contribution in [2.45, 2.75) is 19.8 Å². The summed E-state index contributed by atoms with van der Waals surface area (Å²) in [6, 6.07) is 24.1. The van der Waals surface area contributed by atoms with E-state index in [4.69, 9.17) is 0 Å². The highest BCUT2D eigenvalue weighted by Crippen LogP contribution is 2.44. The number of para-hydroxylation sites is 2. The van der Waals surface area contributed by atoms with E-state index in [0.29, 0.717) is 0 Å². The Morgan fingerprint density at radius 2 is 1.07 bits per heavy atom. The third-order valence-electron chi connectivity index (χ3n) is 6.69. The van der Waals surface area contributed by atoms with Gasteiger partial charge in [-0.3, -0.25) is 0 Å². The lowest BCUT2D eigenvalue weighted by Crippen LogP contribution is -2.09. The molecule has 0 atom stereocenters. The molecule has 3 aromatic carbocycles. The molecule has 30 heavy (non-hydrogen) atoms. The van der Waals surface area contributed by atoms with Crippen molar-refractivity contribution in [2.24, 2.45) is 14.1 Å². The molecule has 0 fully saturated rings. The van der Waals surface area contributed by atoms with Crippen LogP contribution in [0.4, 0.5) is 4.39 Å². The van der Waals surface area contributed by atoms with Gasteiger partial charge in [0.15, 0.2) is 0 Å². The van der Waals surface area contributed by atoms with Gasteiger partial charge in [-0.2, -0.15) is 0 Å². The number of rotatable bonds is 3. The first-order valence-corrected chi connectivity index (χ1v) is 10.3. The summed E-state index contributed by atoms with van der Waals surface area (Å²) in [6.07, 6.45) is 0. The maximum Gasteiger partial charge on any atom is 0.127 e. The molecule has 5 aromatic rings. The Hall–Kier alpha value is -3.33. The van der Waals surface area contributed by atoms with Gasteiger partial charge in [-0.25, -0.2) is 4.39 Å². The van der Waals surface area contributed by atoms with Crippen LogP contribution in [-0.2, 0) is 14.1 Å². The fourth-order valence-corrected chi connectivity index (χ4v) is 4.99. The van der Waals surface area contributed by atoms with E-state index in [-0.39, 0.29) is 11.7 Å². The fraction of sp³-hybridized carbons (Fsp3) is 0.185. The van der Waals surface area contributed by atoms with Gasteiger partial charge in [-0.1, -0.05) is 54.6 Å². The van der Waals surface area contributed by atoms with Crippen molar-refractivity contribution in [2.75, 3.05) is 0 Å². The van der Waals surface area contributed by atoms with Crippen LogP contribution in [0.25, 0.3) is 21.8 Å². The van der Waals surface area contributed by atoms with Crippen LogP contribution in [0.5, 0.6) is 0 Å². The third-order valence-corrected chi connectivity index (χ3v) is 6.69. The number of hydrogen-bond donors (Lipinski definition) is 0. The average molecular weight is 397 g/mol. The zero-order chi connectivity index (χ0) is 21.0. The van der Waals surface area contributed by atoms with Crippen molar-refractivity contribution in [3.05, 3.63) is 107 Å². The summed E-state index contributed by atoms with van der Waals surface area (Å²) in [7, 11) is 4.19. The third kappa shape index (κ3) is 2.55. The quantitative estimate of drug-likeness (QED) is 0.325. The first-order valence-electron chi connectivity index (χ1n) is 10.3. The predicted octanol–water partition coefficient (Wildman–Crippen LogP) is 6.61. The molecular weight excluding hydrogens is 371 g/mol. The lowest BCUT2D eigenvalue weighted by Gasteiger charge is -2.21. The maximum atomic E-state index is 15.3. The van der Waals surface area contributed by atoms with Gasteiger partial charge in [0.1, 0.15) is 5.82 Å². The Morgan fingerprint density at radius 1 is 0.633 bits per heavy atom. The van der Waals surface area contributed by atoms with Crippen molar-refractivity contribution in [3.8, 4) is 0 Å². The maximum absolute atomic E-state index is 15.3. The molecular formula is C27H25FN2. The first kappa shape index (κ1) is 18.7. The highest BCUT2D eigenvalue weighted by Gasteiger charge is 2.30. The van der Waals surface area contributed by atoms with E-state index in [1.807, 2.05) is 12.1 Å². The van der Waals surface area contributed by atoms with Crippen LogP contribution in [0, 0.1) is 19.7 Å². The van der Waals surface area contributed by atoms with Crippen molar-refractivity contribution in [3.63, 3.8) is 0 Å². The van der Waals surface area contributed by atoms with E-state index >= 15 is 4.39 Å². The molecule has 0 aliphatic heterocycles. The van der Waals surface area contributed by atoms with Crippen LogP contribution in [0.3, 0.4) is 0 Å². The summed E-state index contributed by atoms with van der Waals surface area (Å²) < 4.78 is 19.7. The lowest BCUT2D eigenvalue weighted by molar-refractivity contribution is 0.606. The van der Waals surface area contributed by atoms with Gasteiger partial charge in [-0.05, 0) is 48.7 Å². The highest BCUT2D eigenvalue weighted by molar-refractivity contribution is 5.91. The smallest absolute Gasteiger partial charge is 0.127 e. The molecule has 0 unspecified atom stereocenters. The Bertz CT molecular complexity index is 1320. The summed E-state index contributed by atoms with van der Waals surface area (Å²) in [6.45, 7) is 4.29. The molecule has 0 saturated carbocycles. The van der Waals surface area contributed by atoms with Crippen molar-refractivity contribution in [1.29, 1.82) is 0 Å². The molecule has 150 valence electrons. The van der Waals surface area contributed by atoms with Crippen molar-refractivity contribution in [1.82, 2.24) is 9.13 Å². The van der Waals surface area contributed by atoms with Crippen LogP contribution in [-0.4, -0.2) is 9.13 Å². The zero-order valence-electron chi connectivity index (χ0n) is 17.8. The van der Waals surface area contributed by atoms with Crippen molar-refractivity contribution >= 4 is 21.8 Å². The molecule has 0 spiro atoms. The van der Waals surface area contributed by atoms with Gasteiger partial charge in [-0.15, -0.1) is 0 Å². The van der Waals surface area contributed by atoms with Crippen LogP contribution < -0.4 is 0 Å². The van der Waals surface area contributed by atoms with E-state index in [0.717, 1.165) is 17.0 Å². The lowest BCUT2D eigenvalue weighted by atomic mass is 9.82. The van der Waals surface area contributed by atoms with Crippen molar-refractivity contribution < 1.29 is 4.39 Å². The largest absolute Gasteiger partial charge is 0.348 e. The van der Waals surface area contributed by atoms with Gasteiger partial charge in [0.25, 0.3) is 0 Å². The average Bonchev–Trinajstić information content (AvgIpc) is 3.16. The Balaban J connectivity index is 1.95.